The minimum absolute atomic E-state index is 0.0778. The molecule has 2 aromatic rings. The first kappa shape index (κ1) is 21.0. The summed E-state index contributed by atoms with van der Waals surface area (Å²) in [6.07, 6.45) is 9.08. The molecule has 166 valence electrons. The van der Waals surface area contributed by atoms with Gasteiger partial charge in [0.15, 0.2) is 11.6 Å². The summed E-state index contributed by atoms with van der Waals surface area (Å²) in [7, 11) is 0. The highest BCUT2D eigenvalue weighted by Gasteiger charge is 2.33. The first-order valence-electron chi connectivity index (χ1n) is 11.7. The van der Waals surface area contributed by atoms with Crippen LogP contribution in [0.5, 0.6) is 0 Å². The monoisotopic (exact) mass is 430 g/mol. The lowest BCUT2D eigenvalue weighted by Crippen LogP contribution is -2.51. The van der Waals surface area contributed by atoms with E-state index >= 15 is 0 Å². The minimum atomic E-state index is 0.0778. The van der Waals surface area contributed by atoms with Crippen LogP contribution in [-0.4, -0.2) is 52.1 Å². The molecule has 0 amide bonds. The summed E-state index contributed by atoms with van der Waals surface area (Å²) in [5.41, 5.74) is 5.81. The second-order valence-electron chi connectivity index (χ2n) is 9.32. The Balaban J connectivity index is 1.22. The Morgan fingerprint density at radius 3 is 2.69 bits per heavy atom. The van der Waals surface area contributed by atoms with Gasteiger partial charge in [0.05, 0.1) is 17.6 Å². The van der Waals surface area contributed by atoms with Gasteiger partial charge in [0.2, 0.25) is 0 Å². The zero-order valence-electron chi connectivity index (χ0n) is 18.9. The first-order chi connectivity index (χ1) is 15.5. The number of carbonyl (C=O) groups excluding carboxylic acids is 2. The van der Waals surface area contributed by atoms with Crippen molar-refractivity contribution in [2.45, 2.75) is 52.1 Å². The van der Waals surface area contributed by atoms with E-state index in [2.05, 4.69) is 32.8 Å². The predicted octanol–water partition coefficient (Wildman–Crippen LogP) is 3.70. The Hall–Kier alpha value is -2.86. The second-order valence-corrected chi connectivity index (χ2v) is 9.32. The van der Waals surface area contributed by atoms with Crippen molar-refractivity contribution in [1.29, 1.82) is 0 Å². The van der Waals surface area contributed by atoms with Crippen LogP contribution in [0, 0.1) is 5.92 Å². The number of anilines is 1. The summed E-state index contributed by atoms with van der Waals surface area (Å²) in [4.78, 5) is 38.2. The van der Waals surface area contributed by atoms with Gasteiger partial charge < -0.3 is 4.90 Å². The molecule has 1 aliphatic heterocycles. The quantitative estimate of drug-likeness (QED) is 0.651. The smallest absolute Gasteiger partial charge is 0.180 e. The molecule has 3 heterocycles. The number of ketones is 2. The number of piperazine rings is 1. The number of fused-ring (bicyclic) bond motifs is 1. The summed E-state index contributed by atoms with van der Waals surface area (Å²) in [6.45, 7) is 7.73. The van der Waals surface area contributed by atoms with Gasteiger partial charge in [0, 0.05) is 56.8 Å². The summed E-state index contributed by atoms with van der Waals surface area (Å²) < 4.78 is 0. The van der Waals surface area contributed by atoms with Crippen molar-refractivity contribution in [2.75, 3.05) is 24.5 Å². The van der Waals surface area contributed by atoms with Gasteiger partial charge in [-0.2, -0.15) is 0 Å². The molecular formula is C26H30N4O2. The van der Waals surface area contributed by atoms with Gasteiger partial charge in [-0.1, -0.05) is 13.0 Å². The highest BCUT2D eigenvalue weighted by molar-refractivity contribution is 6.04. The van der Waals surface area contributed by atoms with E-state index in [1.165, 1.54) is 5.56 Å². The number of nitrogens with zero attached hydrogens (tertiary/aromatic N) is 4. The molecule has 1 atom stereocenters. The molecule has 1 saturated carbocycles. The number of Topliss-reactive ketones (excluding diaryl/α,β-unsaturated/α-hetero) is 2. The first-order valence-corrected chi connectivity index (χ1v) is 11.7. The van der Waals surface area contributed by atoms with E-state index in [1.54, 1.807) is 0 Å². The maximum atomic E-state index is 12.5. The Kier molecular flexibility index (Phi) is 5.64. The van der Waals surface area contributed by atoms with Crippen molar-refractivity contribution >= 4 is 23.3 Å². The summed E-state index contributed by atoms with van der Waals surface area (Å²) in [5.74, 6) is 0.837. The van der Waals surface area contributed by atoms with Crippen LogP contribution in [0.25, 0.3) is 6.08 Å². The van der Waals surface area contributed by atoms with Gasteiger partial charge >= 0.3 is 0 Å². The fourth-order valence-corrected chi connectivity index (χ4v) is 4.89. The van der Waals surface area contributed by atoms with Crippen molar-refractivity contribution in [2.24, 2.45) is 5.92 Å². The Bertz CT molecular complexity index is 1070. The molecule has 1 saturated heterocycles. The zero-order valence-corrected chi connectivity index (χ0v) is 18.9. The van der Waals surface area contributed by atoms with E-state index < -0.39 is 0 Å². The number of pyridine rings is 2. The molecule has 2 aromatic heterocycles. The normalized spacial score (nSPS) is 21.3. The molecule has 6 nitrogen and oxygen atoms in total. The maximum absolute atomic E-state index is 12.5. The largest absolute Gasteiger partial charge is 0.365 e. The molecule has 6 heteroatoms. The fraction of sp³-hybridized carbons (Fsp3) is 0.462. The van der Waals surface area contributed by atoms with E-state index in [0.29, 0.717) is 30.5 Å². The van der Waals surface area contributed by atoms with E-state index in [-0.39, 0.29) is 11.6 Å². The standard InChI is InChI=1S/C26H30N4O2/c1-3-25(31)23-7-6-21(14-28-23)30-9-8-29(15-17(30)2)16-18-10-20-11-26(32)22(19-4-5-19)12-24(20)27-13-18/h6-7,10,12-14,17,19H,3-5,8-9,11,15-16H2,1-2H3/t17-/m1/s1. The molecule has 2 aliphatic carbocycles. The third-order valence-electron chi connectivity index (χ3n) is 6.84. The zero-order chi connectivity index (χ0) is 22.2. The lowest BCUT2D eigenvalue weighted by molar-refractivity contribution is -0.115. The average Bonchev–Trinajstić information content (AvgIpc) is 3.64. The Labute approximate surface area is 189 Å². The van der Waals surface area contributed by atoms with Crippen LogP contribution in [0.15, 0.2) is 36.2 Å². The third kappa shape index (κ3) is 4.24. The van der Waals surface area contributed by atoms with Crippen molar-refractivity contribution in [3.05, 3.63) is 58.7 Å². The summed E-state index contributed by atoms with van der Waals surface area (Å²) in [5, 5.41) is 0. The SMILES string of the molecule is CCC(=O)c1ccc(N2CCN(Cc3cnc4c(c3)CC(=O)C(C3CC3)=C4)C[C@H]2C)cn1. The summed E-state index contributed by atoms with van der Waals surface area (Å²) >= 11 is 0. The number of allylic oxidation sites excluding steroid dienone is 1. The lowest BCUT2D eigenvalue weighted by atomic mass is 9.91. The number of hydrogen-bond donors (Lipinski definition) is 0. The number of hydrogen-bond acceptors (Lipinski definition) is 6. The molecule has 3 aliphatic rings. The van der Waals surface area contributed by atoms with Gasteiger partial charge in [-0.05, 0) is 55.0 Å². The van der Waals surface area contributed by atoms with Crippen LogP contribution in [0.1, 0.15) is 60.4 Å². The molecule has 32 heavy (non-hydrogen) atoms. The summed E-state index contributed by atoms with van der Waals surface area (Å²) in [6, 6.07) is 6.36. The van der Waals surface area contributed by atoms with Crippen molar-refractivity contribution < 1.29 is 9.59 Å². The third-order valence-corrected chi connectivity index (χ3v) is 6.84. The van der Waals surface area contributed by atoms with Crippen molar-refractivity contribution in [1.82, 2.24) is 14.9 Å². The van der Waals surface area contributed by atoms with E-state index in [1.807, 2.05) is 37.5 Å². The highest BCUT2D eigenvalue weighted by Crippen LogP contribution is 2.40. The van der Waals surface area contributed by atoms with Crippen molar-refractivity contribution in [3.8, 4) is 0 Å². The molecule has 0 radical (unpaired) electrons. The van der Waals surface area contributed by atoms with Crippen LogP contribution < -0.4 is 4.90 Å². The van der Waals surface area contributed by atoms with Crippen molar-refractivity contribution in [3.63, 3.8) is 0 Å². The second kappa shape index (κ2) is 8.58. The Morgan fingerprint density at radius 2 is 2.00 bits per heavy atom. The minimum Gasteiger partial charge on any atom is -0.365 e. The average molecular weight is 431 g/mol. The van der Waals surface area contributed by atoms with Gasteiger partial charge in [0.25, 0.3) is 0 Å². The topological polar surface area (TPSA) is 66.4 Å². The van der Waals surface area contributed by atoms with Crippen LogP contribution in [0.2, 0.25) is 0 Å². The molecule has 0 aromatic carbocycles. The number of rotatable bonds is 6. The van der Waals surface area contributed by atoms with Crippen LogP contribution in [0.3, 0.4) is 0 Å². The fourth-order valence-electron chi connectivity index (χ4n) is 4.89. The van der Waals surface area contributed by atoms with E-state index in [4.69, 9.17) is 0 Å². The van der Waals surface area contributed by atoms with Crippen LogP contribution in [-0.2, 0) is 17.8 Å². The van der Waals surface area contributed by atoms with Crippen LogP contribution in [0.4, 0.5) is 5.69 Å². The van der Waals surface area contributed by atoms with Gasteiger partial charge in [-0.25, -0.2) is 0 Å². The van der Waals surface area contributed by atoms with Crippen LogP contribution >= 0.6 is 0 Å². The predicted molar refractivity (Wildman–Crippen MR) is 125 cm³/mol. The van der Waals surface area contributed by atoms with Gasteiger partial charge in [-0.3, -0.25) is 24.5 Å². The Morgan fingerprint density at radius 1 is 1.16 bits per heavy atom. The number of carbonyl (C=O) groups is 2. The molecule has 2 fully saturated rings. The molecule has 0 bridgehead atoms. The maximum Gasteiger partial charge on any atom is 0.180 e. The molecule has 0 N–H and O–H groups in total. The van der Waals surface area contributed by atoms with Gasteiger partial charge in [-0.15, -0.1) is 0 Å². The lowest BCUT2D eigenvalue weighted by Gasteiger charge is -2.41. The van der Waals surface area contributed by atoms with E-state index in [0.717, 1.165) is 61.5 Å². The highest BCUT2D eigenvalue weighted by atomic mass is 16.1. The number of aromatic nitrogens is 2. The molecule has 0 spiro atoms. The van der Waals surface area contributed by atoms with Gasteiger partial charge in [0.1, 0.15) is 5.69 Å². The van der Waals surface area contributed by atoms with E-state index in [9.17, 15) is 9.59 Å². The molecule has 0 unspecified atom stereocenters. The molecule has 5 rings (SSSR count). The molecular weight excluding hydrogens is 400 g/mol.